The number of carbonyl (C=O) groups is 1. The minimum atomic E-state index is -0.376. The molecule has 94 valence electrons. The van der Waals surface area contributed by atoms with Crippen LogP contribution in [0.1, 0.15) is 19.3 Å². The van der Waals surface area contributed by atoms with E-state index in [9.17, 15) is 4.79 Å². The summed E-state index contributed by atoms with van der Waals surface area (Å²) in [6, 6.07) is 7.69. The van der Waals surface area contributed by atoms with E-state index in [0.29, 0.717) is 12.5 Å². The molecule has 0 atom stereocenters. The van der Waals surface area contributed by atoms with Crippen molar-refractivity contribution in [1.82, 2.24) is 9.97 Å². The van der Waals surface area contributed by atoms with Crippen LogP contribution >= 0.6 is 0 Å². The maximum absolute atomic E-state index is 12.2. The Labute approximate surface area is 105 Å². The van der Waals surface area contributed by atoms with E-state index in [4.69, 9.17) is 5.73 Å². The number of imidazole rings is 1. The average molecular weight is 244 g/mol. The quantitative estimate of drug-likeness (QED) is 0.767. The molecule has 18 heavy (non-hydrogen) atoms. The van der Waals surface area contributed by atoms with Crippen LogP contribution in [0.25, 0.3) is 11.0 Å². The lowest BCUT2D eigenvalue weighted by Crippen LogP contribution is -2.47. The van der Waals surface area contributed by atoms with Crippen molar-refractivity contribution in [2.24, 2.45) is 11.1 Å². The van der Waals surface area contributed by atoms with Crippen molar-refractivity contribution in [2.45, 2.75) is 19.3 Å². The predicted octanol–water partition coefficient (Wildman–Crippen LogP) is 1.63. The van der Waals surface area contributed by atoms with Crippen LogP contribution in [0.3, 0.4) is 0 Å². The summed E-state index contributed by atoms with van der Waals surface area (Å²) in [5.41, 5.74) is 7.10. The van der Waals surface area contributed by atoms with Gasteiger partial charge in [0, 0.05) is 6.54 Å². The fraction of sp³-hybridized carbons (Fsp3) is 0.385. The van der Waals surface area contributed by atoms with Gasteiger partial charge in [-0.3, -0.25) is 10.1 Å². The molecule has 2 aromatic rings. The van der Waals surface area contributed by atoms with E-state index in [1.165, 1.54) is 0 Å². The summed E-state index contributed by atoms with van der Waals surface area (Å²) in [5.74, 6) is 0.483. The van der Waals surface area contributed by atoms with Crippen LogP contribution in [0.5, 0.6) is 0 Å². The topological polar surface area (TPSA) is 83.8 Å². The Kier molecular flexibility index (Phi) is 2.56. The Morgan fingerprint density at radius 3 is 2.83 bits per heavy atom. The second kappa shape index (κ2) is 4.10. The third-order valence-corrected chi connectivity index (χ3v) is 3.80. The van der Waals surface area contributed by atoms with Gasteiger partial charge in [0.25, 0.3) is 0 Å². The summed E-state index contributed by atoms with van der Waals surface area (Å²) in [5, 5.41) is 2.84. The molecule has 1 fully saturated rings. The third-order valence-electron chi connectivity index (χ3n) is 3.80. The van der Waals surface area contributed by atoms with Crippen LogP contribution in [0.2, 0.25) is 0 Å². The molecule has 0 unspecified atom stereocenters. The summed E-state index contributed by atoms with van der Waals surface area (Å²) in [6.45, 7) is 0.402. The van der Waals surface area contributed by atoms with Crippen LogP contribution in [0, 0.1) is 5.41 Å². The van der Waals surface area contributed by atoms with Crippen molar-refractivity contribution in [3.05, 3.63) is 24.3 Å². The van der Waals surface area contributed by atoms with Gasteiger partial charge in [0.2, 0.25) is 11.9 Å². The second-order valence-corrected chi connectivity index (χ2v) is 4.89. The largest absolute Gasteiger partial charge is 0.329 e. The Balaban J connectivity index is 1.81. The minimum Gasteiger partial charge on any atom is -0.329 e. The van der Waals surface area contributed by atoms with Crippen LogP contribution in [0.4, 0.5) is 5.95 Å². The first-order valence-electron chi connectivity index (χ1n) is 6.20. The van der Waals surface area contributed by atoms with E-state index < -0.39 is 0 Å². The van der Waals surface area contributed by atoms with Crippen LogP contribution in [-0.2, 0) is 4.79 Å². The van der Waals surface area contributed by atoms with E-state index in [1.807, 2.05) is 24.3 Å². The Hall–Kier alpha value is -1.88. The van der Waals surface area contributed by atoms with Gasteiger partial charge in [-0.05, 0) is 25.0 Å². The number of hydrogen-bond acceptors (Lipinski definition) is 3. The summed E-state index contributed by atoms with van der Waals surface area (Å²) < 4.78 is 0. The molecular weight excluding hydrogens is 228 g/mol. The molecule has 1 saturated carbocycles. The normalized spacial score (nSPS) is 17.4. The maximum atomic E-state index is 12.2. The Bertz CT molecular complexity index is 547. The number of para-hydroxylation sites is 2. The number of nitrogens with one attached hydrogen (secondary N) is 2. The summed E-state index contributed by atoms with van der Waals surface area (Å²) in [4.78, 5) is 19.6. The number of nitrogens with two attached hydrogens (primary N) is 1. The predicted molar refractivity (Wildman–Crippen MR) is 70.1 cm³/mol. The number of benzene rings is 1. The van der Waals surface area contributed by atoms with Gasteiger partial charge >= 0.3 is 0 Å². The number of hydrogen-bond donors (Lipinski definition) is 3. The summed E-state index contributed by atoms with van der Waals surface area (Å²) in [7, 11) is 0. The molecule has 1 aliphatic rings. The molecule has 1 amide bonds. The van der Waals surface area contributed by atoms with Gasteiger partial charge in [-0.25, -0.2) is 4.98 Å². The number of fused-ring (bicyclic) bond motifs is 1. The number of nitrogens with zero attached hydrogens (tertiary/aromatic N) is 1. The molecule has 4 N–H and O–H groups in total. The number of rotatable bonds is 3. The number of anilines is 1. The highest BCUT2D eigenvalue weighted by Gasteiger charge is 2.43. The highest BCUT2D eigenvalue weighted by molar-refractivity contribution is 5.96. The van der Waals surface area contributed by atoms with Crippen molar-refractivity contribution < 1.29 is 4.79 Å². The lowest BCUT2D eigenvalue weighted by Gasteiger charge is -2.38. The van der Waals surface area contributed by atoms with E-state index in [2.05, 4.69) is 15.3 Å². The van der Waals surface area contributed by atoms with Gasteiger partial charge in [0.05, 0.1) is 16.4 Å². The smallest absolute Gasteiger partial charge is 0.234 e. The number of carbonyl (C=O) groups excluding carboxylic acids is 1. The fourth-order valence-electron chi connectivity index (χ4n) is 2.38. The first-order valence-corrected chi connectivity index (χ1v) is 6.20. The van der Waals surface area contributed by atoms with E-state index in [-0.39, 0.29) is 11.3 Å². The molecule has 3 rings (SSSR count). The van der Waals surface area contributed by atoms with Crippen LogP contribution in [0.15, 0.2) is 24.3 Å². The molecule has 0 spiro atoms. The standard InChI is InChI=1S/C13H16N4O/c14-8-13(6-3-7-13)11(18)17-12-15-9-4-1-2-5-10(9)16-12/h1-2,4-5H,3,6-8,14H2,(H2,15,16,17,18). The van der Waals surface area contributed by atoms with Gasteiger partial charge in [0.1, 0.15) is 0 Å². The van der Waals surface area contributed by atoms with Gasteiger partial charge in [-0.2, -0.15) is 0 Å². The molecule has 0 aliphatic heterocycles. The van der Waals surface area contributed by atoms with Crippen molar-refractivity contribution in [3.63, 3.8) is 0 Å². The fourth-order valence-corrected chi connectivity index (χ4v) is 2.38. The lowest BCUT2D eigenvalue weighted by molar-refractivity contribution is -0.129. The minimum absolute atomic E-state index is 0.0182. The van der Waals surface area contributed by atoms with E-state index in [1.54, 1.807) is 0 Å². The SMILES string of the molecule is NCC1(C(=O)Nc2nc3ccccc3[nH]2)CCC1. The second-order valence-electron chi connectivity index (χ2n) is 4.89. The molecule has 1 aliphatic carbocycles. The molecule has 0 bridgehead atoms. The Morgan fingerprint density at radius 1 is 1.44 bits per heavy atom. The monoisotopic (exact) mass is 244 g/mol. The number of amides is 1. The van der Waals surface area contributed by atoms with Gasteiger partial charge in [-0.1, -0.05) is 18.6 Å². The molecule has 0 radical (unpaired) electrons. The zero-order valence-electron chi connectivity index (χ0n) is 10.1. The molecule has 1 aromatic carbocycles. The molecule has 1 heterocycles. The molecular formula is C13H16N4O. The van der Waals surface area contributed by atoms with E-state index >= 15 is 0 Å². The van der Waals surface area contributed by atoms with Crippen molar-refractivity contribution in [1.29, 1.82) is 0 Å². The van der Waals surface area contributed by atoms with Crippen molar-refractivity contribution in [2.75, 3.05) is 11.9 Å². The molecule has 5 nitrogen and oxygen atoms in total. The van der Waals surface area contributed by atoms with Crippen LogP contribution in [-0.4, -0.2) is 22.4 Å². The zero-order valence-corrected chi connectivity index (χ0v) is 10.1. The van der Waals surface area contributed by atoms with Gasteiger partial charge < -0.3 is 10.7 Å². The first kappa shape index (κ1) is 11.2. The number of aromatic nitrogens is 2. The molecule has 5 heteroatoms. The average Bonchev–Trinajstić information content (AvgIpc) is 2.70. The third kappa shape index (κ3) is 1.67. The molecule has 0 saturated heterocycles. The maximum Gasteiger partial charge on any atom is 0.234 e. The number of aromatic amines is 1. The highest BCUT2D eigenvalue weighted by Crippen LogP contribution is 2.40. The van der Waals surface area contributed by atoms with Gasteiger partial charge in [0.15, 0.2) is 0 Å². The van der Waals surface area contributed by atoms with Gasteiger partial charge in [-0.15, -0.1) is 0 Å². The first-order chi connectivity index (χ1) is 8.73. The number of H-pyrrole nitrogens is 1. The highest BCUT2D eigenvalue weighted by atomic mass is 16.2. The van der Waals surface area contributed by atoms with Crippen LogP contribution < -0.4 is 11.1 Å². The lowest BCUT2D eigenvalue weighted by atomic mass is 9.68. The van der Waals surface area contributed by atoms with Crippen molar-refractivity contribution >= 4 is 22.9 Å². The van der Waals surface area contributed by atoms with Crippen molar-refractivity contribution in [3.8, 4) is 0 Å². The Morgan fingerprint density at radius 2 is 2.22 bits per heavy atom. The summed E-state index contributed by atoms with van der Waals surface area (Å²) >= 11 is 0. The zero-order chi connectivity index (χ0) is 12.6. The summed E-state index contributed by atoms with van der Waals surface area (Å²) in [6.07, 6.45) is 2.82. The van der Waals surface area contributed by atoms with E-state index in [0.717, 1.165) is 30.3 Å². The molecule has 1 aromatic heterocycles.